The van der Waals surface area contributed by atoms with E-state index in [0.29, 0.717) is 0 Å². The molecule has 3 heteroatoms. The lowest BCUT2D eigenvalue weighted by Crippen LogP contribution is -2.28. The van der Waals surface area contributed by atoms with E-state index in [4.69, 9.17) is 5.79 Å². The second-order valence-corrected chi connectivity index (χ2v) is 7.00. The monoisotopic (exact) mass is 342 g/mol. The van der Waals surface area contributed by atoms with Crippen molar-refractivity contribution in [2.24, 2.45) is 0 Å². The third kappa shape index (κ3) is 2.07. The topological polar surface area (TPSA) is 19.6 Å². The maximum absolute atomic E-state index is 8.56. The van der Waals surface area contributed by atoms with Crippen LogP contribution in [0.4, 0.5) is 17.1 Å². The van der Waals surface area contributed by atoms with Crippen molar-refractivity contribution in [3.63, 3.8) is 0 Å². The summed E-state index contributed by atoms with van der Waals surface area (Å²) >= 11 is 0. The molecule has 0 unspecified atom stereocenters. The third-order valence-electron chi connectivity index (χ3n) is 5.08. The Morgan fingerprint density at radius 3 is 2.42 bits per heavy atom. The van der Waals surface area contributed by atoms with Gasteiger partial charge in [0.15, 0.2) is 5.58 Å². The van der Waals surface area contributed by atoms with Crippen LogP contribution >= 0.6 is 0 Å². The van der Waals surface area contributed by atoms with Crippen molar-refractivity contribution in [2.45, 2.75) is 26.8 Å². The van der Waals surface area contributed by atoms with Gasteiger partial charge in [-0.15, -0.1) is 0 Å². The fourth-order valence-electron chi connectivity index (χ4n) is 3.82. The molecule has 2 heterocycles. The molecule has 129 valence electrons. The van der Waals surface area contributed by atoms with Crippen molar-refractivity contribution in [3.05, 3.63) is 72.9 Å². The van der Waals surface area contributed by atoms with Gasteiger partial charge in [-0.05, 0) is 44.5 Å². The number of aryl methyl sites for hydroxylation is 1. The average Bonchev–Trinajstić information content (AvgIpc) is 3.20. The molecule has 26 heavy (non-hydrogen) atoms. The fourth-order valence-corrected chi connectivity index (χ4v) is 3.82. The van der Waals surface area contributed by atoms with E-state index >= 15 is 0 Å². The summed E-state index contributed by atoms with van der Waals surface area (Å²) in [6.45, 7) is 7.93. The summed E-state index contributed by atoms with van der Waals surface area (Å²) in [5.41, 5.74) is 6.04. The highest BCUT2D eigenvalue weighted by Crippen LogP contribution is 2.47. The molecule has 0 saturated heterocycles. The van der Waals surface area contributed by atoms with Gasteiger partial charge in [0, 0.05) is 16.8 Å². The molecule has 0 N–H and O–H groups in total. The first kappa shape index (κ1) is 14.3. The Balaban J connectivity index is 1.78. The third-order valence-corrected chi connectivity index (χ3v) is 5.08. The first-order valence-corrected chi connectivity index (χ1v) is 8.88. The van der Waals surface area contributed by atoms with E-state index in [2.05, 4.69) is 42.2 Å². The first-order valence-electron chi connectivity index (χ1n) is 9.38. The number of hydrogen-bond acceptors (Lipinski definition) is 3. The van der Waals surface area contributed by atoms with Gasteiger partial charge in [0.25, 0.3) is 0 Å². The molecule has 0 spiro atoms. The standard InChI is InChI=1S/C23H21N2O/c1-15(2)24-14-25(20-10-6-5-9-19(20)24)22-16(3)12-13-18-17-8-4-7-11-21(17)26-23(18)22/h4-15H,1-3H3/i15D. The molecule has 0 amide bonds. The smallest absolute Gasteiger partial charge is 0.159 e. The molecule has 1 aliphatic heterocycles. The Kier molecular flexibility index (Phi) is 3.03. The van der Waals surface area contributed by atoms with Crippen LogP contribution in [-0.4, -0.2) is 6.02 Å². The normalized spacial score (nSPS) is 15.0. The molecule has 3 nitrogen and oxygen atoms in total. The predicted molar refractivity (Wildman–Crippen MR) is 109 cm³/mol. The molecule has 4 aromatic rings. The SMILES string of the molecule is [2H]C(C)(C)N1[CH]N(c2c(C)ccc3c2oc2ccccc23)c2ccccc21. The van der Waals surface area contributed by atoms with Gasteiger partial charge in [-0.25, -0.2) is 0 Å². The maximum Gasteiger partial charge on any atom is 0.159 e. The minimum atomic E-state index is -0.763. The molecule has 0 atom stereocenters. The van der Waals surface area contributed by atoms with Crippen LogP contribution in [0.15, 0.2) is 65.1 Å². The number of para-hydroxylation sites is 3. The Bertz CT molecular complexity index is 1170. The van der Waals surface area contributed by atoms with Crippen LogP contribution in [0.25, 0.3) is 21.9 Å². The zero-order valence-corrected chi connectivity index (χ0v) is 15.2. The second-order valence-electron chi connectivity index (χ2n) is 7.00. The first-order chi connectivity index (χ1) is 12.9. The predicted octanol–water partition coefficient (Wildman–Crippen LogP) is 6.38. The van der Waals surface area contributed by atoms with Crippen LogP contribution in [0.5, 0.6) is 0 Å². The molecular formula is C23H21N2O. The van der Waals surface area contributed by atoms with E-state index in [9.17, 15) is 0 Å². The molecule has 0 aliphatic carbocycles. The summed E-state index contributed by atoms with van der Waals surface area (Å²) in [5.74, 6) is 0. The van der Waals surface area contributed by atoms with E-state index < -0.39 is 6.02 Å². The molecule has 1 aromatic heterocycles. The number of nitrogens with zero attached hydrogens (tertiary/aromatic N) is 2. The lowest BCUT2D eigenvalue weighted by Gasteiger charge is -2.25. The van der Waals surface area contributed by atoms with E-state index in [-0.39, 0.29) is 0 Å². The fraction of sp³-hybridized carbons (Fsp3) is 0.174. The van der Waals surface area contributed by atoms with Crippen LogP contribution in [0.1, 0.15) is 20.8 Å². The number of furan rings is 1. The number of anilines is 3. The molecule has 0 bridgehead atoms. The Hall–Kier alpha value is -2.94. The number of fused-ring (bicyclic) bond motifs is 4. The van der Waals surface area contributed by atoms with Gasteiger partial charge in [0.2, 0.25) is 0 Å². The summed E-state index contributed by atoms with van der Waals surface area (Å²) in [5, 5.41) is 2.24. The van der Waals surface area contributed by atoms with E-state index in [0.717, 1.165) is 44.6 Å². The number of rotatable bonds is 2. The van der Waals surface area contributed by atoms with Gasteiger partial charge in [0.1, 0.15) is 12.3 Å². The van der Waals surface area contributed by atoms with Gasteiger partial charge in [-0.3, -0.25) is 0 Å². The van der Waals surface area contributed by atoms with Crippen molar-refractivity contribution in [1.82, 2.24) is 0 Å². The summed E-state index contributed by atoms with van der Waals surface area (Å²) in [6, 6.07) is 19.9. The van der Waals surface area contributed by atoms with Crippen molar-refractivity contribution in [1.29, 1.82) is 0 Å². The van der Waals surface area contributed by atoms with Crippen molar-refractivity contribution in [2.75, 3.05) is 9.80 Å². The molecule has 1 radical (unpaired) electrons. The molecule has 0 fully saturated rings. The number of benzene rings is 3. The molecule has 0 saturated carbocycles. The summed E-state index contributed by atoms with van der Waals surface area (Å²) in [6.07, 6.45) is 0. The second kappa shape index (κ2) is 5.53. The lowest BCUT2D eigenvalue weighted by atomic mass is 10.1. The van der Waals surface area contributed by atoms with Crippen LogP contribution in [0.3, 0.4) is 0 Å². The van der Waals surface area contributed by atoms with Crippen LogP contribution < -0.4 is 9.80 Å². The van der Waals surface area contributed by atoms with Gasteiger partial charge < -0.3 is 14.2 Å². The average molecular weight is 342 g/mol. The van der Waals surface area contributed by atoms with E-state index in [1.54, 1.807) is 0 Å². The molecule has 3 aromatic carbocycles. The van der Waals surface area contributed by atoms with Gasteiger partial charge >= 0.3 is 0 Å². The van der Waals surface area contributed by atoms with Crippen molar-refractivity contribution >= 4 is 39.0 Å². The minimum Gasteiger partial charge on any atom is -0.454 e. The number of hydrogen-bond donors (Lipinski definition) is 0. The van der Waals surface area contributed by atoms with E-state index in [1.807, 2.05) is 55.7 Å². The van der Waals surface area contributed by atoms with Crippen LogP contribution in [-0.2, 0) is 0 Å². The molecular weight excluding hydrogens is 320 g/mol. The summed E-state index contributed by atoms with van der Waals surface area (Å²) < 4.78 is 14.8. The van der Waals surface area contributed by atoms with Crippen molar-refractivity contribution in [3.8, 4) is 0 Å². The summed E-state index contributed by atoms with van der Waals surface area (Å²) in [4.78, 5) is 4.16. The highest BCUT2D eigenvalue weighted by Gasteiger charge is 2.31. The van der Waals surface area contributed by atoms with Crippen molar-refractivity contribution < 1.29 is 5.79 Å². The highest BCUT2D eigenvalue weighted by molar-refractivity contribution is 6.11. The Morgan fingerprint density at radius 2 is 1.62 bits per heavy atom. The largest absolute Gasteiger partial charge is 0.454 e. The van der Waals surface area contributed by atoms with E-state index in [1.165, 1.54) is 0 Å². The molecule has 5 rings (SSSR count). The zero-order valence-electron chi connectivity index (χ0n) is 16.2. The van der Waals surface area contributed by atoms with Crippen LogP contribution in [0.2, 0.25) is 0 Å². The van der Waals surface area contributed by atoms with Crippen LogP contribution in [0, 0.1) is 13.6 Å². The zero-order chi connectivity index (χ0) is 18.8. The molecule has 1 aliphatic rings. The highest BCUT2D eigenvalue weighted by atomic mass is 16.3. The maximum atomic E-state index is 8.56. The Morgan fingerprint density at radius 1 is 0.885 bits per heavy atom. The Labute approximate surface area is 154 Å². The van der Waals surface area contributed by atoms with Gasteiger partial charge in [0.05, 0.1) is 18.4 Å². The quantitative estimate of drug-likeness (QED) is 0.421. The van der Waals surface area contributed by atoms with Gasteiger partial charge in [-0.2, -0.15) is 0 Å². The lowest BCUT2D eigenvalue weighted by molar-refractivity contribution is 0.667. The summed E-state index contributed by atoms with van der Waals surface area (Å²) in [7, 11) is 0. The van der Waals surface area contributed by atoms with Gasteiger partial charge in [-0.1, -0.05) is 42.5 Å². The minimum absolute atomic E-state index is 0.763.